The second-order valence-corrected chi connectivity index (χ2v) is 3.67. The summed E-state index contributed by atoms with van der Waals surface area (Å²) < 4.78 is 0. The normalized spacial score (nSPS) is 14.9. The summed E-state index contributed by atoms with van der Waals surface area (Å²) in [5.41, 5.74) is -0.0308. The Labute approximate surface area is 85.7 Å². The van der Waals surface area contributed by atoms with Gasteiger partial charge in [-0.1, -0.05) is 0 Å². The van der Waals surface area contributed by atoms with Gasteiger partial charge in [0, 0.05) is 12.5 Å². The third-order valence-electron chi connectivity index (χ3n) is 2.25. The zero-order valence-electron chi connectivity index (χ0n) is 7.99. The first kappa shape index (κ1) is 9.70. The number of carbonyl (C=O) groups excluding carboxylic acids is 1. The van der Waals surface area contributed by atoms with Crippen LogP contribution in [-0.4, -0.2) is 27.2 Å². The van der Waals surface area contributed by atoms with Crippen molar-refractivity contribution < 1.29 is 14.7 Å². The zero-order valence-corrected chi connectivity index (χ0v) is 7.99. The van der Waals surface area contributed by atoms with E-state index in [4.69, 9.17) is 5.11 Å². The highest BCUT2D eigenvalue weighted by Crippen LogP contribution is 2.32. The summed E-state index contributed by atoms with van der Waals surface area (Å²) in [6.45, 7) is 0. The molecule has 1 aromatic heterocycles. The summed E-state index contributed by atoms with van der Waals surface area (Å²) in [5.74, 6) is -0.438. The van der Waals surface area contributed by atoms with Crippen LogP contribution >= 0.6 is 0 Å². The van der Waals surface area contributed by atoms with Crippen LogP contribution in [0.1, 0.15) is 29.8 Å². The molecular formula is C9H11N3O3. The van der Waals surface area contributed by atoms with Crippen molar-refractivity contribution in [3.63, 3.8) is 0 Å². The highest BCUT2D eigenvalue weighted by Gasteiger charge is 2.24. The van der Waals surface area contributed by atoms with Gasteiger partial charge < -0.3 is 10.4 Å². The highest BCUT2D eigenvalue weighted by atomic mass is 16.4. The first-order valence-electron chi connectivity index (χ1n) is 4.73. The number of nitrogens with one attached hydrogen (secondary N) is 2. The van der Waals surface area contributed by atoms with Crippen molar-refractivity contribution in [1.82, 2.24) is 10.2 Å². The van der Waals surface area contributed by atoms with Crippen LogP contribution in [0, 0.1) is 5.92 Å². The van der Waals surface area contributed by atoms with Crippen LogP contribution in [0.3, 0.4) is 0 Å². The molecular weight excluding hydrogens is 198 g/mol. The minimum Gasteiger partial charge on any atom is -0.477 e. The molecule has 0 radical (unpaired) electrons. The van der Waals surface area contributed by atoms with E-state index in [0.717, 1.165) is 12.8 Å². The van der Waals surface area contributed by atoms with Crippen molar-refractivity contribution in [3.8, 4) is 0 Å². The second kappa shape index (κ2) is 3.72. The van der Waals surface area contributed by atoms with Crippen LogP contribution in [-0.2, 0) is 4.79 Å². The number of aromatic amines is 1. The molecule has 0 aliphatic heterocycles. The SMILES string of the molecule is O=C(CC1CC1)Nc1cc(C(=O)O)[nH]n1. The first-order valence-corrected chi connectivity index (χ1v) is 4.73. The number of hydrogen-bond donors (Lipinski definition) is 3. The van der Waals surface area contributed by atoms with E-state index < -0.39 is 5.97 Å². The molecule has 1 fully saturated rings. The van der Waals surface area contributed by atoms with Crippen molar-refractivity contribution in [2.75, 3.05) is 5.32 Å². The van der Waals surface area contributed by atoms with E-state index >= 15 is 0 Å². The third kappa shape index (κ3) is 2.55. The smallest absolute Gasteiger partial charge is 0.353 e. The average Bonchev–Trinajstić information content (AvgIpc) is 2.82. The molecule has 2 rings (SSSR count). The number of carboxylic acid groups (broad SMARTS) is 1. The van der Waals surface area contributed by atoms with E-state index in [1.54, 1.807) is 0 Å². The number of hydrogen-bond acceptors (Lipinski definition) is 3. The van der Waals surface area contributed by atoms with Crippen LogP contribution in [0.15, 0.2) is 6.07 Å². The summed E-state index contributed by atoms with van der Waals surface area (Å²) in [6, 6.07) is 1.30. The van der Waals surface area contributed by atoms with Crippen LogP contribution in [0.2, 0.25) is 0 Å². The molecule has 1 aliphatic carbocycles. The molecule has 3 N–H and O–H groups in total. The molecule has 1 heterocycles. The summed E-state index contributed by atoms with van der Waals surface area (Å²) in [6.07, 6.45) is 2.71. The molecule has 0 aromatic carbocycles. The Bertz CT molecular complexity index is 395. The van der Waals surface area contributed by atoms with Gasteiger partial charge in [-0.2, -0.15) is 5.10 Å². The lowest BCUT2D eigenvalue weighted by Gasteiger charge is -1.98. The summed E-state index contributed by atoms with van der Waals surface area (Å²) in [7, 11) is 0. The second-order valence-electron chi connectivity index (χ2n) is 3.67. The number of nitrogens with zero attached hydrogens (tertiary/aromatic N) is 1. The minimum absolute atomic E-state index is 0.0308. The van der Waals surface area contributed by atoms with Crippen molar-refractivity contribution in [2.24, 2.45) is 5.92 Å². The molecule has 1 amide bonds. The summed E-state index contributed by atoms with van der Waals surface area (Å²) in [4.78, 5) is 21.8. The Morgan fingerprint density at radius 3 is 2.87 bits per heavy atom. The quantitative estimate of drug-likeness (QED) is 0.684. The molecule has 80 valence electrons. The lowest BCUT2D eigenvalue weighted by atomic mass is 10.3. The Hall–Kier alpha value is -1.85. The predicted molar refractivity (Wildman–Crippen MR) is 51.5 cm³/mol. The summed E-state index contributed by atoms with van der Waals surface area (Å²) >= 11 is 0. The monoisotopic (exact) mass is 209 g/mol. The third-order valence-corrected chi connectivity index (χ3v) is 2.25. The molecule has 1 aliphatic rings. The van der Waals surface area contributed by atoms with Gasteiger partial charge in [-0.05, 0) is 18.8 Å². The molecule has 15 heavy (non-hydrogen) atoms. The van der Waals surface area contributed by atoms with E-state index in [1.165, 1.54) is 6.07 Å². The maximum Gasteiger partial charge on any atom is 0.353 e. The topological polar surface area (TPSA) is 95.1 Å². The maximum atomic E-state index is 11.3. The van der Waals surface area contributed by atoms with Crippen molar-refractivity contribution in [2.45, 2.75) is 19.3 Å². The zero-order chi connectivity index (χ0) is 10.8. The van der Waals surface area contributed by atoms with E-state index in [-0.39, 0.29) is 17.4 Å². The molecule has 1 aromatic rings. The number of aromatic carboxylic acids is 1. The number of H-pyrrole nitrogens is 1. The Kier molecular flexibility index (Phi) is 2.40. The Morgan fingerprint density at radius 2 is 2.33 bits per heavy atom. The molecule has 0 unspecified atom stereocenters. The van der Waals surface area contributed by atoms with E-state index in [1.807, 2.05) is 0 Å². The molecule has 0 bridgehead atoms. The van der Waals surface area contributed by atoms with Crippen LogP contribution in [0.4, 0.5) is 5.82 Å². The van der Waals surface area contributed by atoms with E-state index in [0.29, 0.717) is 12.3 Å². The molecule has 6 nitrogen and oxygen atoms in total. The molecule has 0 saturated heterocycles. The number of carboxylic acids is 1. The first-order chi connectivity index (χ1) is 7.15. The van der Waals surface area contributed by atoms with Gasteiger partial charge in [0.2, 0.25) is 5.91 Å². The van der Waals surface area contributed by atoms with E-state index in [2.05, 4.69) is 15.5 Å². The Morgan fingerprint density at radius 1 is 1.60 bits per heavy atom. The molecule has 0 spiro atoms. The van der Waals surface area contributed by atoms with Crippen LogP contribution < -0.4 is 5.32 Å². The molecule has 1 saturated carbocycles. The van der Waals surface area contributed by atoms with Crippen LogP contribution in [0.25, 0.3) is 0 Å². The number of aromatic nitrogens is 2. The van der Waals surface area contributed by atoms with Gasteiger partial charge in [-0.25, -0.2) is 4.79 Å². The van der Waals surface area contributed by atoms with Crippen molar-refractivity contribution in [1.29, 1.82) is 0 Å². The van der Waals surface area contributed by atoms with Gasteiger partial charge in [0.05, 0.1) is 0 Å². The van der Waals surface area contributed by atoms with Crippen LogP contribution in [0.5, 0.6) is 0 Å². The van der Waals surface area contributed by atoms with E-state index in [9.17, 15) is 9.59 Å². The van der Waals surface area contributed by atoms with Gasteiger partial charge in [0.25, 0.3) is 0 Å². The van der Waals surface area contributed by atoms with Gasteiger partial charge in [-0.3, -0.25) is 9.89 Å². The number of amides is 1. The largest absolute Gasteiger partial charge is 0.477 e. The Balaban J connectivity index is 1.91. The number of rotatable bonds is 4. The van der Waals surface area contributed by atoms with Gasteiger partial charge in [-0.15, -0.1) is 0 Å². The maximum absolute atomic E-state index is 11.3. The standard InChI is InChI=1S/C9H11N3O3/c13-8(3-5-1-2-5)10-7-4-6(9(14)15)11-12-7/h4-5H,1-3H2,(H,14,15)(H2,10,11,12,13). The fourth-order valence-electron chi connectivity index (χ4n) is 1.27. The van der Waals surface area contributed by atoms with Gasteiger partial charge in [0.15, 0.2) is 5.82 Å². The van der Waals surface area contributed by atoms with Gasteiger partial charge in [0.1, 0.15) is 5.69 Å². The fourth-order valence-corrected chi connectivity index (χ4v) is 1.27. The minimum atomic E-state index is -1.09. The molecule has 0 atom stereocenters. The summed E-state index contributed by atoms with van der Waals surface area (Å²) in [5, 5.41) is 17.1. The van der Waals surface area contributed by atoms with Crippen molar-refractivity contribution in [3.05, 3.63) is 11.8 Å². The average molecular weight is 209 g/mol. The fraction of sp³-hybridized carbons (Fsp3) is 0.444. The number of carbonyl (C=O) groups is 2. The highest BCUT2D eigenvalue weighted by molar-refractivity contribution is 5.92. The molecule has 6 heteroatoms. The predicted octanol–water partition coefficient (Wildman–Crippen LogP) is 0.846. The lowest BCUT2D eigenvalue weighted by molar-refractivity contribution is -0.116. The van der Waals surface area contributed by atoms with Crippen molar-refractivity contribution >= 4 is 17.7 Å². The lowest BCUT2D eigenvalue weighted by Crippen LogP contribution is -2.12. The van der Waals surface area contributed by atoms with Gasteiger partial charge >= 0.3 is 5.97 Å². The number of anilines is 1.